The van der Waals surface area contributed by atoms with Gasteiger partial charge in [-0.25, -0.2) is 9.37 Å². The van der Waals surface area contributed by atoms with E-state index in [0.29, 0.717) is 30.8 Å². The van der Waals surface area contributed by atoms with Crippen LogP contribution >= 0.6 is 0 Å². The molecule has 7 nitrogen and oxygen atoms in total. The molecule has 0 spiro atoms. The van der Waals surface area contributed by atoms with Crippen LogP contribution in [0, 0.1) is 11.7 Å². The molecule has 1 saturated heterocycles. The Hall–Kier alpha value is -2.45. The van der Waals surface area contributed by atoms with Crippen molar-refractivity contribution < 1.29 is 13.5 Å². The standard InChI is InChI=1S/C24H36FN5O2/c1-4-26-24(28-16-22(15-18(2)3)30-11-13-31-14-12-30)27-10-9-21-17-32-23(29-21)19-5-7-20(25)8-6-19/h5-8,17-18,22H,4,9-16H2,1-3H3,(H2,26,27,28). The van der Waals surface area contributed by atoms with E-state index >= 15 is 0 Å². The van der Waals surface area contributed by atoms with Crippen molar-refractivity contribution >= 4 is 5.96 Å². The van der Waals surface area contributed by atoms with Gasteiger partial charge in [0, 0.05) is 44.2 Å². The van der Waals surface area contributed by atoms with Crippen molar-refractivity contribution in [2.45, 2.75) is 39.7 Å². The van der Waals surface area contributed by atoms with Crippen LogP contribution in [0.5, 0.6) is 0 Å². The molecule has 1 aromatic carbocycles. The lowest BCUT2D eigenvalue weighted by Gasteiger charge is -2.34. The summed E-state index contributed by atoms with van der Waals surface area (Å²) in [4.78, 5) is 11.9. The number of hydrogen-bond donors (Lipinski definition) is 2. The van der Waals surface area contributed by atoms with Crippen molar-refractivity contribution in [3.63, 3.8) is 0 Å². The largest absolute Gasteiger partial charge is 0.444 e. The average Bonchev–Trinajstić information content (AvgIpc) is 3.26. The fourth-order valence-corrected chi connectivity index (χ4v) is 3.82. The van der Waals surface area contributed by atoms with Crippen LogP contribution in [-0.4, -0.2) is 67.8 Å². The highest BCUT2D eigenvalue weighted by atomic mass is 19.1. The summed E-state index contributed by atoms with van der Waals surface area (Å²) < 4.78 is 24.2. The molecule has 0 bridgehead atoms. The van der Waals surface area contributed by atoms with Gasteiger partial charge in [0.2, 0.25) is 5.89 Å². The molecule has 1 fully saturated rings. The number of guanidine groups is 1. The SMILES string of the molecule is CCNC(=NCC(CC(C)C)N1CCOCC1)NCCc1coc(-c2ccc(F)cc2)n1. The minimum Gasteiger partial charge on any atom is -0.444 e. The fraction of sp³-hybridized carbons (Fsp3) is 0.583. The van der Waals surface area contributed by atoms with Gasteiger partial charge in [-0.1, -0.05) is 13.8 Å². The van der Waals surface area contributed by atoms with Crippen molar-refractivity contribution in [1.82, 2.24) is 20.5 Å². The smallest absolute Gasteiger partial charge is 0.226 e. The van der Waals surface area contributed by atoms with E-state index in [1.54, 1.807) is 18.4 Å². The first kappa shape index (κ1) is 24.2. The quantitative estimate of drug-likeness (QED) is 0.432. The molecule has 176 valence electrons. The van der Waals surface area contributed by atoms with E-state index in [2.05, 4.69) is 41.3 Å². The van der Waals surface area contributed by atoms with Gasteiger partial charge < -0.3 is 19.8 Å². The lowest BCUT2D eigenvalue weighted by atomic mass is 10.0. The second-order valence-corrected chi connectivity index (χ2v) is 8.48. The van der Waals surface area contributed by atoms with E-state index in [4.69, 9.17) is 14.1 Å². The van der Waals surface area contributed by atoms with Crippen LogP contribution in [0.1, 0.15) is 32.9 Å². The van der Waals surface area contributed by atoms with Gasteiger partial charge in [0.1, 0.15) is 12.1 Å². The van der Waals surface area contributed by atoms with Gasteiger partial charge in [0.15, 0.2) is 5.96 Å². The fourth-order valence-electron chi connectivity index (χ4n) is 3.82. The maximum atomic E-state index is 13.1. The number of benzene rings is 1. The molecule has 1 aliphatic rings. The lowest BCUT2D eigenvalue weighted by Crippen LogP contribution is -2.46. The van der Waals surface area contributed by atoms with E-state index in [0.717, 1.165) is 63.0 Å². The summed E-state index contributed by atoms with van der Waals surface area (Å²) in [5, 5.41) is 6.73. The molecule has 0 radical (unpaired) electrons. The van der Waals surface area contributed by atoms with Gasteiger partial charge >= 0.3 is 0 Å². The topological polar surface area (TPSA) is 74.9 Å². The third kappa shape index (κ3) is 7.60. The monoisotopic (exact) mass is 445 g/mol. The number of aliphatic imine (C=N–C) groups is 1. The number of rotatable bonds is 10. The number of nitrogens with zero attached hydrogens (tertiary/aromatic N) is 3. The number of halogens is 1. The Morgan fingerprint density at radius 2 is 1.94 bits per heavy atom. The molecule has 0 amide bonds. The Morgan fingerprint density at radius 1 is 1.19 bits per heavy atom. The van der Waals surface area contributed by atoms with Gasteiger partial charge in [0.25, 0.3) is 0 Å². The van der Waals surface area contributed by atoms with Gasteiger partial charge in [-0.05, 0) is 43.5 Å². The van der Waals surface area contributed by atoms with Crippen LogP contribution in [0.4, 0.5) is 4.39 Å². The molecule has 2 N–H and O–H groups in total. The zero-order chi connectivity index (χ0) is 22.8. The lowest BCUT2D eigenvalue weighted by molar-refractivity contribution is 0.0143. The van der Waals surface area contributed by atoms with E-state index in [1.807, 2.05) is 0 Å². The molecule has 0 saturated carbocycles. The highest BCUT2D eigenvalue weighted by Crippen LogP contribution is 2.19. The molecule has 1 aromatic heterocycles. The van der Waals surface area contributed by atoms with E-state index in [9.17, 15) is 4.39 Å². The predicted octanol–water partition coefficient (Wildman–Crippen LogP) is 3.33. The molecular weight excluding hydrogens is 409 g/mol. The second-order valence-electron chi connectivity index (χ2n) is 8.48. The Labute approximate surface area is 190 Å². The Morgan fingerprint density at radius 3 is 2.62 bits per heavy atom. The minimum atomic E-state index is -0.274. The van der Waals surface area contributed by atoms with Crippen LogP contribution in [0.3, 0.4) is 0 Å². The summed E-state index contributed by atoms with van der Waals surface area (Å²) >= 11 is 0. The first-order chi connectivity index (χ1) is 15.5. The maximum absolute atomic E-state index is 13.1. The third-order valence-corrected chi connectivity index (χ3v) is 5.43. The van der Waals surface area contributed by atoms with E-state index < -0.39 is 0 Å². The van der Waals surface area contributed by atoms with E-state index in [-0.39, 0.29) is 5.82 Å². The van der Waals surface area contributed by atoms with E-state index in [1.165, 1.54) is 12.1 Å². The number of nitrogens with one attached hydrogen (secondary N) is 2. The summed E-state index contributed by atoms with van der Waals surface area (Å²) in [7, 11) is 0. The van der Waals surface area contributed by atoms with Crippen LogP contribution in [0.15, 0.2) is 39.9 Å². The third-order valence-electron chi connectivity index (χ3n) is 5.43. The molecule has 2 heterocycles. The molecule has 1 aliphatic heterocycles. The number of hydrogen-bond acceptors (Lipinski definition) is 5. The van der Waals surface area contributed by atoms with Crippen molar-refractivity contribution in [3.05, 3.63) is 42.0 Å². The molecule has 2 aromatic rings. The normalized spacial score (nSPS) is 16.3. The number of aromatic nitrogens is 1. The molecule has 32 heavy (non-hydrogen) atoms. The average molecular weight is 446 g/mol. The Balaban J connectivity index is 1.53. The summed E-state index contributed by atoms with van der Waals surface area (Å²) in [6.07, 6.45) is 3.48. The summed E-state index contributed by atoms with van der Waals surface area (Å²) in [5.74, 6) is 1.67. The maximum Gasteiger partial charge on any atom is 0.226 e. The molecule has 1 atom stereocenters. The highest BCUT2D eigenvalue weighted by Gasteiger charge is 2.21. The van der Waals surface area contributed by atoms with Crippen molar-refractivity contribution in [2.75, 3.05) is 45.9 Å². The number of morpholine rings is 1. The highest BCUT2D eigenvalue weighted by molar-refractivity contribution is 5.79. The van der Waals surface area contributed by atoms with Gasteiger partial charge in [0.05, 0.1) is 25.5 Å². The van der Waals surface area contributed by atoms with Crippen molar-refractivity contribution in [2.24, 2.45) is 10.9 Å². The van der Waals surface area contributed by atoms with Gasteiger partial charge in [-0.2, -0.15) is 0 Å². The summed E-state index contributed by atoms with van der Waals surface area (Å²) in [6, 6.07) is 6.57. The zero-order valence-corrected chi connectivity index (χ0v) is 19.4. The Bertz CT molecular complexity index is 831. The second kappa shape index (κ2) is 12.6. The molecule has 1 unspecified atom stereocenters. The Kier molecular flexibility index (Phi) is 9.49. The molecule has 0 aliphatic carbocycles. The molecule has 3 rings (SSSR count). The first-order valence-electron chi connectivity index (χ1n) is 11.6. The predicted molar refractivity (Wildman–Crippen MR) is 125 cm³/mol. The number of oxazole rings is 1. The van der Waals surface area contributed by atoms with Crippen LogP contribution in [0.2, 0.25) is 0 Å². The van der Waals surface area contributed by atoms with Crippen molar-refractivity contribution in [1.29, 1.82) is 0 Å². The summed E-state index contributed by atoms with van der Waals surface area (Å²) in [5.41, 5.74) is 1.61. The first-order valence-corrected chi connectivity index (χ1v) is 11.6. The van der Waals surface area contributed by atoms with Crippen LogP contribution in [-0.2, 0) is 11.2 Å². The van der Waals surface area contributed by atoms with Crippen LogP contribution in [0.25, 0.3) is 11.5 Å². The summed E-state index contributed by atoms with van der Waals surface area (Å²) in [6.45, 7) is 12.4. The zero-order valence-electron chi connectivity index (χ0n) is 19.4. The van der Waals surface area contributed by atoms with Crippen molar-refractivity contribution in [3.8, 4) is 11.5 Å². The number of ether oxygens (including phenoxy) is 1. The van der Waals surface area contributed by atoms with Gasteiger partial charge in [-0.15, -0.1) is 0 Å². The molecular formula is C24H36FN5O2. The van der Waals surface area contributed by atoms with Crippen LogP contribution < -0.4 is 10.6 Å². The molecule has 8 heteroatoms. The minimum absolute atomic E-state index is 0.274. The van der Waals surface area contributed by atoms with Gasteiger partial charge in [-0.3, -0.25) is 9.89 Å².